The second kappa shape index (κ2) is 10.1. The predicted molar refractivity (Wildman–Crippen MR) is 113 cm³/mol. The minimum Gasteiger partial charge on any atom is -0.353 e. The lowest BCUT2D eigenvalue weighted by Gasteiger charge is -2.31. The highest BCUT2D eigenvalue weighted by molar-refractivity contribution is 8.00. The van der Waals surface area contributed by atoms with Crippen LogP contribution < -0.4 is 5.32 Å². The molecular weight excluding hydrogens is 449 g/mol. The maximum Gasteiger partial charge on any atom is 0.446 e. The topological polar surface area (TPSA) is 66.5 Å². The van der Waals surface area contributed by atoms with Gasteiger partial charge in [0, 0.05) is 30.4 Å². The summed E-state index contributed by atoms with van der Waals surface area (Å²) in [6, 6.07) is 14.3. The van der Waals surface area contributed by atoms with Gasteiger partial charge in [-0.3, -0.25) is 4.79 Å². The molecule has 1 amide bonds. The van der Waals surface area contributed by atoms with Crippen LogP contribution in [0.25, 0.3) is 0 Å². The fraction of sp³-hybridized carbons (Fsp3) is 0.381. The molecule has 0 unspecified atom stereocenters. The van der Waals surface area contributed by atoms with Gasteiger partial charge in [0.2, 0.25) is 15.9 Å². The van der Waals surface area contributed by atoms with E-state index in [2.05, 4.69) is 5.32 Å². The van der Waals surface area contributed by atoms with Crippen LogP contribution in [0.2, 0.25) is 0 Å². The van der Waals surface area contributed by atoms with Crippen LogP contribution >= 0.6 is 11.8 Å². The van der Waals surface area contributed by atoms with Gasteiger partial charge in [0.25, 0.3) is 0 Å². The summed E-state index contributed by atoms with van der Waals surface area (Å²) in [5.41, 5.74) is -3.34. The highest BCUT2D eigenvalue weighted by atomic mass is 32.2. The van der Waals surface area contributed by atoms with Crippen LogP contribution in [-0.2, 0) is 21.2 Å². The Morgan fingerprint density at radius 1 is 1.03 bits per heavy atom. The molecule has 0 radical (unpaired) electrons. The number of aryl methyl sites for hydroxylation is 1. The van der Waals surface area contributed by atoms with Gasteiger partial charge in [0.1, 0.15) is 0 Å². The van der Waals surface area contributed by atoms with E-state index < -0.39 is 15.5 Å². The molecule has 1 aliphatic heterocycles. The smallest absolute Gasteiger partial charge is 0.353 e. The lowest BCUT2D eigenvalue weighted by Crippen LogP contribution is -2.46. The molecule has 0 saturated carbocycles. The Bertz CT molecular complexity index is 973. The number of sulfonamides is 1. The Morgan fingerprint density at radius 3 is 2.23 bits per heavy atom. The van der Waals surface area contributed by atoms with Crippen molar-refractivity contribution in [2.75, 3.05) is 13.1 Å². The summed E-state index contributed by atoms with van der Waals surface area (Å²) in [6.45, 7) is 0.482. The summed E-state index contributed by atoms with van der Waals surface area (Å²) in [4.78, 5) is 12.1. The Morgan fingerprint density at radius 2 is 1.65 bits per heavy atom. The SMILES string of the molecule is O=C(CCc1ccccc1)NC1CCN(S(=O)(=O)c2ccc(SC(F)(F)F)cc2)CC1. The number of amides is 1. The van der Waals surface area contributed by atoms with E-state index in [4.69, 9.17) is 0 Å². The fourth-order valence-electron chi connectivity index (χ4n) is 3.41. The van der Waals surface area contributed by atoms with Crippen molar-refractivity contribution in [1.29, 1.82) is 0 Å². The number of carbonyl (C=O) groups is 1. The number of rotatable bonds is 7. The van der Waals surface area contributed by atoms with Crippen molar-refractivity contribution >= 4 is 27.7 Å². The third kappa shape index (κ3) is 6.98. The average molecular weight is 473 g/mol. The largest absolute Gasteiger partial charge is 0.446 e. The number of benzene rings is 2. The van der Waals surface area contributed by atoms with E-state index in [-0.39, 0.29) is 46.6 Å². The average Bonchev–Trinajstić information content (AvgIpc) is 2.73. The molecule has 0 spiro atoms. The molecule has 1 fully saturated rings. The number of nitrogens with zero attached hydrogens (tertiary/aromatic N) is 1. The summed E-state index contributed by atoms with van der Waals surface area (Å²) in [7, 11) is -3.79. The fourth-order valence-corrected chi connectivity index (χ4v) is 5.41. The van der Waals surface area contributed by atoms with Crippen molar-refractivity contribution in [2.45, 2.75) is 47.0 Å². The van der Waals surface area contributed by atoms with Crippen LogP contribution in [0.3, 0.4) is 0 Å². The molecule has 0 aromatic heterocycles. The van der Waals surface area contributed by atoms with Gasteiger partial charge in [-0.2, -0.15) is 17.5 Å². The summed E-state index contributed by atoms with van der Waals surface area (Å²) in [5.74, 6) is -0.0667. The first kappa shape index (κ1) is 23.6. The van der Waals surface area contributed by atoms with Crippen molar-refractivity contribution in [2.24, 2.45) is 0 Å². The third-order valence-corrected chi connectivity index (χ3v) is 7.65. The van der Waals surface area contributed by atoms with Gasteiger partial charge in [-0.05, 0) is 60.9 Å². The first-order valence-corrected chi connectivity index (χ1v) is 12.1. The molecule has 2 aromatic carbocycles. The van der Waals surface area contributed by atoms with E-state index in [0.717, 1.165) is 17.7 Å². The molecule has 1 aliphatic rings. The molecule has 1 heterocycles. The summed E-state index contributed by atoms with van der Waals surface area (Å²) in [6.07, 6.45) is 1.98. The van der Waals surface area contributed by atoms with Gasteiger partial charge in [-0.15, -0.1) is 0 Å². The molecule has 10 heteroatoms. The number of hydrogen-bond acceptors (Lipinski definition) is 4. The van der Waals surface area contributed by atoms with Crippen LogP contribution in [-0.4, -0.2) is 43.3 Å². The molecule has 0 aliphatic carbocycles. The maximum atomic E-state index is 12.8. The predicted octanol–water partition coefficient (Wildman–Crippen LogP) is 4.20. The zero-order valence-electron chi connectivity index (χ0n) is 16.6. The lowest BCUT2D eigenvalue weighted by molar-refractivity contribution is -0.122. The van der Waals surface area contributed by atoms with E-state index >= 15 is 0 Å². The first-order chi connectivity index (χ1) is 14.6. The molecule has 5 nitrogen and oxygen atoms in total. The number of hydrogen-bond donors (Lipinski definition) is 1. The highest BCUT2D eigenvalue weighted by Gasteiger charge is 2.31. The zero-order valence-corrected chi connectivity index (χ0v) is 18.3. The Labute approximate surface area is 184 Å². The van der Waals surface area contributed by atoms with Crippen LogP contribution in [0.5, 0.6) is 0 Å². The van der Waals surface area contributed by atoms with Gasteiger partial charge in [0.05, 0.1) is 4.90 Å². The van der Waals surface area contributed by atoms with E-state index in [1.807, 2.05) is 30.3 Å². The molecule has 168 valence electrons. The molecule has 0 atom stereocenters. The lowest BCUT2D eigenvalue weighted by atomic mass is 10.1. The van der Waals surface area contributed by atoms with E-state index in [0.29, 0.717) is 25.7 Å². The number of alkyl halides is 3. The number of halogens is 3. The van der Waals surface area contributed by atoms with Crippen LogP contribution in [0, 0.1) is 0 Å². The maximum absolute atomic E-state index is 12.8. The molecule has 31 heavy (non-hydrogen) atoms. The van der Waals surface area contributed by atoms with Crippen LogP contribution in [0.4, 0.5) is 13.2 Å². The number of thioether (sulfide) groups is 1. The van der Waals surface area contributed by atoms with Crippen molar-refractivity contribution < 1.29 is 26.4 Å². The number of piperidine rings is 1. The van der Waals surface area contributed by atoms with Gasteiger partial charge >= 0.3 is 5.51 Å². The standard InChI is InChI=1S/C21H23F3N2O3S2/c22-21(23,24)30-18-7-9-19(10-8-18)31(28,29)26-14-12-17(13-15-26)25-20(27)11-6-16-4-2-1-3-5-16/h1-5,7-10,17H,6,11-15H2,(H,25,27). The normalized spacial score (nSPS) is 16.2. The van der Waals surface area contributed by atoms with Gasteiger partial charge in [-0.25, -0.2) is 8.42 Å². The van der Waals surface area contributed by atoms with E-state index in [1.54, 1.807) is 0 Å². The van der Waals surface area contributed by atoms with E-state index in [9.17, 15) is 26.4 Å². The second-order valence-electron chi connectivity index (χ2n) is 7.25. The van der Waals surface area contributed by atoms with E-state index in [1.165, 1.54) is 16.4 Å². The number of nitrogens with one attached hydrogen (secondary N) is 1. The molecule has 1 N–H and O–H groups in total. The van der Waals surface area contributed by atoms with Crippen LogP contribution in [0.15, 0.2) is 64.4 Å². The molecule has 2 aromatic rings. The molecular formula is C21H23F3N2O3S2. The Kier molecular flexibility index (Phi) is 7.66. The molecule has 0 bridgehead atoms. The molecule has 1 saturated heterocycles. The Hall–Kier alpha value is -2.04. The Balaban J connectivity index is 1.49. The zero-order chi connectivity index (χ0) is 22.5. The first-order valence-electron chi connectivity index (χ1n) is 9.83. The van der Waals surface area contributed by atoms with Gasteiger partial charge in [0.15, 0.2) is 0 Å². The monoisotopic (exact) mass is 472 g/mol. The van der Waals surface area contributed by atoms with Crippen molar-refractivity contribution in [3.05, 3.63) is 60.2 Å². The van der Waals surface area contributed by atoms with Crippen molar-refractivity contribution in [3.8, 4) is 0 Å². The van der Waals surface area contributed by atoms with Crippen LogP contribution in [0.1, 0.15) is 24.8 Å². The number of carbonyl (C=O) groups excluding carboxylic acids is 1. The third-order valence-electron chi connectivity index (χ3n) is 5.00. The van der Waals surface area contributed by atoms with Gasteiger partial charge in [-0.1, -0.05) is 30.3 Å². The van der Waals surface area contributed by atoms with Gasteiger partial charge < -0.3 is 5.32 Å². The van der Waals surface area contributed by atoms with Crippen molar-refractivity contribution in [1.82, 2.24) is 9.62 Å². The second-order valence-corrected chi connectivity index (χ2v) is 10.3. The highest BCUT2D eigenvalue weighted by Crippen LogP contribution is 2.37. The summed E-state index contributed by atoms with van der Waals surface area (Å²) in [5, 5.41) is 2.96. The summed E-state index contributed by atoms with van der Waals surface area (Å²) < 4.78 is 64.2. The van der Waals surface area contributed by atoms with Crippen molar-refractivity contribution in [3.63, 3.8) is 0 Å². The quantitative estimate of drug-likeness (QED) is 0.614. The summed E-state index contributed by atoms with van der Waals surface area (Å²) >= 11 is -0.285. The molecule has 3 rings (SSSR count). The minimum atomic E-state index is -4.42. The minimum absolute atomic E-state index is 0.0376.